The Balaban J connectivity index is 2.08. The maximum Gasteiger partial charge on any atom is 0.337 e. The lowest BCUT2D eigenvalue weighted by Gasteiger charge is -2.08. The molecule has 110 valence electrons. The number of rotatable bonds is 4. The second kappa shape index (κ2) is 5.97. The molecule has 1 heterocycles. The van der Waals surface area contributed by atoms with Crippen molar-refractivity contribution in [1.29, 1.82) is 0 Å². The number of hydrogen-bond donors (Lipinski definition) is 2. The van der Waals surface area contributed by atoms with Crippen molar-refractivity contribution in [3.8, 4) is 0 Å². The van der Waals surface area contributed by atoms with E-state index in [1.807, 2.05) is 19.9 Å². The number of carbonyl (C=O) groups excluding carboxylic acids is 1. The Morgan fingerprint density at radius 2 is 2.05 bits per heavy atom. The van der Waals surface area contributed by atoms with Gasteiger partial charge in [0.25, 0.3) is 0 Å². The molecule has 0 unspecified atom stereocenters. The normalized spacial score (nSPS) is 10.4. The number of nitrogens with zero attached hydrogens (tertiary/aromatic N) is 2. The van der Waals surface area contributed by atoms with Gasteiger partial charge in [0.15, 0.2) is 0 Å². The molecule has 1 aromatic carbocycles. The summed E-state index contributed by atoms with van der Waals surface area (Å²) in [6.07, 6.45) is 0. The minimum Gasteiger partial charge on any atom is -0.478 e. The number of anilines is 1. The highest BCUT2D eigenvalue weighted by molar-refractivity contribution is 6.33. The van der Waals surface area contributed by atoms with Crippen LogP contribution in [0, 0.1) is 13.8 Å². The fraction of sp³-hybridized carbons (Fsp3) is 0.214. The van der Waals surface area contributed by atoms with Crippen molar-refractivity contribution >= 4 is 29.2 Å². The zero-order valence-corrected chi connectivity index (χ0v) is 12.3. The van der Waals surface area contributed by atoms with E-state index in [0.29, 0.717) is 5.69 Å². The number of aryl methyl sites for hydroxylation is 2. The molecule has 1 aromatic heterocycles. The minimum atomic E-state index is -1.11. The molecule has 0 radical (unpaired) electrons. The lowest BCUT2D eigenvalue weighted by molar-refractivity contribution is -0.116. The van der Waals surface area contributed by atoms with Crippen LogP contribution in [0.1, 0.15) is 21.7 Å². The van der Waals surface area contributed by atoms with Gasteiger partial charge in [-0.05, 0) is 38.1 Å². The van der Waals surface area contributed by atoms with Gasteiger partial charge in [-0.25, -0.2) is 4.79 Å². The van der Waals surface area contributed by atoms with Gasteiger partial charge < -0.3 is 10.4 Å². The second-order valence-electron chi connectivity index (χ2n) is 4.63. The largest absolute Gasteiger partial charge is 0.478 e. The van der Waals surface area contributed by atoms with E-state index in [1.54, 1.807) is 4.68 Å². The fourth-order valence-corrected chi connectivity index (χ4v) is 2.20. The van der Waals surface area contributed by atoms with Crippen molar-refractivity contribution in [2.75, 3.05) is 5.32 Å². The summed E-state index contributed by atoms with van der Waals surface area (Å²) in [6, 6.07) is 6.13. The van der Waals surface area contributed by atoms with Crippen LogP contribution in [0.15, 0.2) is 24.3 Å². The Hall–Kier alpha value is -2.34. The highest BCUT2D eigenvalue weighted by Crippen LogP contribution is 2.21. The van der Waals surface area contributed by atoms with Crippen LogP contribution in [-0.4, -0.2) is 26.8 Å². The predicted octanol–water partition coefficient (Wildman–Crippen LogP) is 2.49. The number of amides is 1. The third kappa shape index (κ3) is 3.61. The van der Waals surface area contributed by atoms with Gasteiger partial charge in [-0.2, -0.15) is 5.10 Å². The summed E-state index contributed by atoms with van der Waals surface area (Å²) in [6.45, 7) is 3.80. The summed E-state index contributed by atoms with van der Waals surface area (Å²) < 4.78 is 1.60. The molecule has 7 heteroatoms. The summed E-state index contributed by atoms with van der Waals surface area (Å²) in [5, 5.41) is 15.8. The van der Waals surface area contributed by atoms with E-state index >= 15 is 0 Å². The first kappa shape index (κ1) is 15.1. The maximum atomic E-state index is 11.9. The number of carbonyl (C=O) groups is 2. The molecule has 0 atom stereocenters. The molecular formula is C14H14ClN3O3. The summed E-state index contributed by atoms with van der Waals surface area (Å²) in [5.41, 5.74) is 2.17. The van der Waals surface area contributed by atoms with Gasteiger partial charge in [-0.1, -0.05) is 11.6 Å². The predicted molar refractivity (Wildman–Crippen MR) is 78.7 cm³/mol. The van der Waals surface area contributed by atoms with Crippen LogP contribution in [0.25, 0.3) is 0 Å². The first-order valence-electron chi connectivity index (χ1n) is 6.20. The van der Waals surface area contributed by atoms with Crippen molar-refractivity contribution < 1.29 is 14.7 Å². The number of carboxylic acids is 1. The van der Waals surface area contributed by atoms with Gasteiger partial charge in [0.1, 0.15) is 6.54 Å². The van der Waals surface area contributed by atoms with Crippen LogP contribution >= 0.6 is 11.6 Å². The zero-order valence-electron chi connectivity index (χ0n) is 11.6. The van der Waals surface area contributed by atoms with Crippen LogP contribution in [0.2, 0.25) is 5.02 Å². The Morgan fingerprint density at radius 3 is 2.57 bits per heavy atom. The van der Waals surface area contributed by atoms with Crippen molar-refractivity contribution in [3.05, 3.63) is 46.2 Å². The van der Waals surface area contributed by atoms with Crippen molar-refractivity contribution in [2.45, 2.75) is 20.4 Å². The van der Waals surface area contributed by atoms with E-state index in [9.17, 15) is 9.59 Å². The summed E-state index contributed by atoms with van der Waals surface area (Å²) in [4.78, 5) is 22.8. The van der Waals surface area contributed by atoms with Gasteiger partial charge in [0.05, 0.1) is 16.3 Å². The molecule has 6 nitrogen and oxygen atoms in total. The number of halogens is 1. The molecule has 0 spiro atoms. The van der Waals surface area contributed by atoms with E-state index in [2.05, 4.69) is 10.4 Å². The van der Waals surface area contributed by atoms with E-state index < -0.39 is 5.97 Å². The molecule has 2 aromatic rings. The van der Waals surface area contributed by atoms with Gasteiger partial charge in [0.2, 0.25) is 5.91 Å². The molecule has 0 saturated carbocycles. The van der Waals surface area contributed by atoms with Crippen LogP contribution in [0.3, 0.4) is 0 Å². The number of carboxylic acid groups (broad SMARTS) is 1. The van der Waals surface area contributed by atoms with Crippen molar-refractivity contribution in [2.24, 2.45) is 0 Å². The first-order valence-corrected chi connectivity index (χ1v) is 6.58. The van der Waals surface area contributed by atoms with Crippen LogP contribution in [-0.2, 0) is 11.3 Å². The zero-order chi connectivity index (χ0) is 15.6. The van der Waals surface area contributed by atoms with E-state index in [4.69, 9.17) is 16.7 Å². The lowest BCUT2D eigenvalue weighted by atomic mass is 10.2. The third-order valence-corrected chi connectivity index (χ3v) is 3.19. The number of aromatic carboxylic acids is 1. The molecule has 0 bridgehead atoms. The summed E-state index contributed by atoms with van der Waals surface area (Å²) >= 11 is 5.85. The van der Waals surface area contributed by atoms with Crippen LogP contribution < -0.4 is 5.32 Å². The van der Waals surface area contributed by atoms with Crippen LogP contribution in [0.4, 0.5) is 5.69 Å². The molecule has 21 heavy (non-hydrogen) atoms. The summed E-state index contributed by atoms with van der Waals surface area (Å²) in [7, 11) is 0. The topological polar surface area (TPSA) is 84.2 Å². The minimum absolute atomic E-state index is 0.00629. The smallest absolute Gasteiger partial charge is 0.337 e. The number of hydrogen-bond acceptors (Lipinski definition) is 3. The Bertz CT molecular complexity index is 709. The molecule has 2 N–H and O–H groups in total. The van der Waals surface area contributed by atoms with Crippen molar-refractivity contribution in [1.82, 2.24) is 9.78 Å². The standard InChI is InChI=1S/C14H14ClN3O3/c1-8-5-9(2)18(17-8)7-13(19)16-10-3-4-11(14(20)21)12(15)6-10/h3-6H,7H2,1-2H3,(H,16,19)(H,20,21). The maximum absolute atomic E-state index is 11.9. The average Bonchev–Trinajstić information content (AvgIpc) is 2.67. The molecule has 1 amide bonds. The number of benzene rings is 1. The molecule has 0 saturated heterocycles. The highest BCUT2D eigenvalue weighted by atomic mass is 35.5. The van der Waals surface area contributed by atoms with Crippen molar-refractivity contribution in [3.63, 3.8) is 0 Å². The number of aromatic nitrogens is 2. The van der Waals surface area contributed by atoms with E-state index in [0.717, 1.165) is 11.4 Å². The van der Waals surface area contributed by atoms with E-state index in [-0.39, 0.29) is 23.0 Å². The van der Waals surface area contributed by atoms with Gasteiger partial charge in [0, 0.05) is 11.4 Å². The number of nitrogens with one attached hydrogen (secondary N) is 1. The molecule has 0 fully saturated rings. The monoisotopic (exact) mass is 307 g/mol. The first-order chi connectivity index (χ1) is 9.86. The van der Waals surface area contributed by atoms with Crippen LogP contribution in [0.5, 0.6) is 0 Å². The molecular weight excluding hydrogens is 294 g/mol. The third-order valence-electron chi connectivity index (χ3n) is 2.88. The van der Waals surface area contributed by atoms with Gasteiger partial charge in [-0.15, -0.1) is 0 Å². The Kier molecular flexibility index (Phi) is 4.28. The fourth-order valence-electron chi connectivity index (χ4n) is 1.94. The lowest BCUT2D eigenvalue weighted by Crippen LogP contribution is -2.20. The SMILES string of the molecule is Cc1cc(C)n(CC(=O)Nc2ccc(C(=O)O)c(Cl)c2)n1. The quantitative estimate of drug-likeness (QED) is 0.909. The molecule has 0 aliphatic carbocycles. The Labute approximate surface area is 126 Å². The van der Waals surface area contributed by atoms with Gasteiger partial charge in [-0.3, -0.25) is 9.48 Å². The molecule has 2 rings (SSSR count). The molecule has 0 aliphatic heterocycles. The second-order valence-corrected chi connectivity index (χ2v) is 5.04. The van der Waals surface area contributed by atoms with Gasteiger partial charge >= 0.3 is 5.97 Å². The Morgan fingerprint density at radius 1 is 1.33 bits per heavy atom. The highest BCUT2D eigenvalue weighted by Gasteiger charge is 2.11. The summed E-state index contributed by atoms with van der Waals surface area (Å²) in [5.74, 6) is -1.37. The van der Waals surface area contributed by atoms with E-state index in [1.165, 1.54) is 18.2 Å². The molecule has 0 aliphatic rings. The average molecular weight is 308 g/mol.